The summed E-state index contributed by atoms with van der Waals surface area (Å²) in [5.41, 5.74) is 0.555. The molecule has 0 saturated heterocycles. The van der Waals surface area contributed by atoms with Crippen LogP contribution in [0.3, 0.4) is 0 Å². The summed E-state index contributed by atoms with van der Waals surface area (Å²) in [6.45, 7) is 0. The standard InChI is InChI=1S/C7H6N4O.ClH/c12-7-5-6(1-2-8-7)11-4-3-9-10-11;/h1-5H,(H,8,12);1H. The van der Waals surface area contributed by atoms with Gasteiger partial charge in [0.2, 0.25) is 5.56 Å². The Morgan fingerprint density at radius 3 is 2.92 bits per heavy atom. The van der Waals surface area contributed by atoms with Gasteiger partial charge in [-0.3, -0.25) is 4.79 Å². The summed E-state index contributed by atoms with van der Waals surface area (Å²) in [5.74, 6) is 0. The fraction of sp³-hybridized carbons (Fsp3) is 0. The number of aromatic amines is 1. The van der Waals surface area contributed by atoms with E-state index in [-0.39, 0.29) is 18.0 Å². The third-order valence-electron chi connectivity index (χ3n) is 1.45. The molecule has 0 unspecified atom stereocenters. The summed E-state index contributed by atoms with van der Waals surface area (Å²) in [6.07, 6.45) is 4.80. The zero-order valence-corrected chi connectivity index (χ0v) is 7.36. The molecule has 0 amide bonds. The maximum atomic E-state index is 10.9. The van der Waals surface area contributed by atoms with Gasteiger partial charge in [0.25, 0.3) is 0 Å². The number of H-pyrrole nitrogens is 1. The van der Waals surface area contributed by atoms with Crippen molar-refractivity contribution < 1.29 is 0 Å². The number of nitrogens with one attached hydrogen (secondary N) is 1. The molecular weight excluding hydrogens is 192 g/mol. The highest BCUT2D eigenvalue weighted by atomic mass is 35.5. The fourth-order valence-corrected chi connectivity index (χ4v) is 0.922. The lowest BCUT2D eigenvalue weighted by molar-refractivity contribution is 0.800. The van der Waals surface area contributed by atoms with E-state index in [1.807, 2.05) is 0 Å². The topological polar surface area (TPSA) is 63.6 Å². The molecule has 0 aliphatic carbocycles. The van der Waals surface area contributed by atoms with Gasteiger partial charge < -0.3 is 4.98 Å². The van der Waals surface area contributed by atoms with Gasteiger partial charge in [0.05, 0.1) is 18.1 Å². The van der Waals surface area contributed by atoms with E-state index in [0.717, 1.165) is 0 Å². The van der Waals surface area contributed by atoms with Crippen molar-refractivity contribution in [2.45, 2.75) is 0 Å². The Morgan fingerprint density at radius 2 is 2.31 bits per heavy atom. The van der Waals surface area contributed by atoms with Crippen molar-refractivity contribution >= 4 is 12.4 Å². The van der Waals surface area contributed by atoms with E-state index >= 15 is 0 Å². The number of hydrogen-bond acceptors (Lipinski definition) is 3. The summed E-state index contributed by atoms with van der Waals surface area (Å²) in [6, 6.07) is 3.20. The van der Waals surface area contributed by atoms with E-state index < -0.39 is 0 Å². The molecule has 2 rings (SSSR count). The van der Waals surface area contributed by atoms with Crippen molar-refractivity contribution in [1.29, 1.82) is 0 Å². The predicted octanol–water partition coefficient (Wildman–Crippen LogP) is 0.377. The average Bonchev–Trinajstić information content (AvgIpc) is 2.56. The quantitative estimate of drug-likeness (QED) is 0.721. The van der Waals surface area contributed by atoms with Gasteiger partial charge in [0.1, 0.15) is 0 Å². The minimum Gasteiger partial charge on any atom is -0.329 e. The minimum absolute atomic E-state index is 0. The largest absolute Gasteiger partial charge is 0.329 e. The molecule has 0 bridgehead atoms. The van der Waals surface area contributed by atoms with Crippen LogP contribution in [0.25, 0.3) is 5.69 Å². The Kier molecular flexibility index (Phi) is 2.81. The monoisotopic (exact) mass is 198 g/mol. The van der Waals surface area contributed by atoms with Crippen LogP contribution in [0.5, 0.6) is 0 Å². The van der Waals surface area contributed by atoms with Crippen LogP contribution in [-0.2, 0) is 0 Å². The van der Waals surface area contributed by atoms with Crippen LogP contribution >= 0.6 is 12.4 Å². The first-order valence-electron chi connectivity index (χ1n) is 3.42. The molecule has 0 aliphatic rings. The van der Waals surface area contributed by atoms with Crippen molar-refractivity contribution in [1.82, 2.24) is 20.0 Å². The van der Waals surface area contributed by atoms with Crippen molar-refractivity contribution in [2.24, 2.45) is 0 Å². The molecule has 0 aromatic carbocycles. The van der Waals surface area contributed by atoms with E-state index in [1.54, 1.807) is 24.7 Å². The highest BCUT2D eigenvalue weighted by molar-refractivity contribution is 5.85. The zero-order chi connectivity index (χ0) is 8.39. The third-order valence-corrected chi connectivity index (χ3v) is 1.45. The second-order valence-corrected chi connectivity index (χ2v) is 2.26. The number of pyridine rings is 1. The molecule has 2 aromatic rings. The highest BCUT2D eigenvalue weighted by Crippen LogP contribution is 1.98. The number of nitrogens with zero attached hydrogens (tertiary/aromatic N) is 3. The summed E-state index contributed by atoms with van der Waals surface area (Å²) < 4.78 is 1.52. The first-order valence-corrected chi connectivity index (χ1v) is 3.42. The molecule has 1 N–H and O–H groups in total. The van der Waals surface area contributed by atoms with Crippen molar-refractivity contribution in [3.8, 4) is 5.69 Å². The Balaban J connectivity index is 0.000000845. The summed E-state index contributed by atoms with van der Waals surface area (Å²) in [5, 5.41) is 7.37. The SMILES string of the molecule is Cl.O=c1cc(-n2ccnn2)cc[nH]1. The Hall–Kier alpha value is -1.62. The van der Waals surface area contributed by atoms with Crippen LogP contribution in [0.1, 0.15) is 0 Å². The maximum absolute atomic E-state index is 10.9. The Morgan fingerprint density at radius 1 is 1.46 bits per heavy atom. The van der Waals surface area contributed by atoms with E-state index in [9.17, 15) is 4.79 Å². The van der Waals surface area contributed by atoms with Gasteiger partial charge in [0, 0.05) is 12.3 Å². The van der Waals surface area contributed by atoms with Gasteiger partial charge in [-0.15, -0.1) is 17.5 Å². The smallest absolute Gasteiger partial charge is 0.250 e. The van der Waals surface area contributed by atoms with Crippen molar-refractivity contribution in [3.63, 3.8) is 0 Å². The minimum atomic E-state index is -0.150. The van der Waals surface area contributed by atoms with Gasteiger partial charge in [-0.25, -0.2) is 4.68 Å². The van der Waals surface area contributed by atoms with E-state index in [4.69, 9.17) is 0 Å². The summed E-state index contributed by atoms with van der Waals surface area (Å²) >= 11 is 0. The van der Waals surface area contributed by atoms with Crippen LogP contribution in [-0.4, -0.2) is 20.0 Å². The van der Waals surface area contributed by atoms with Gasteiger partial charge in [0.15, 0.2) is 0 Å². The lowest BCUT2D eigenvalue weighted by Gasteiger charge is -1.95. The number of halogens is 1. The first kappa shape index (κ1) is 9.47. The number of aromatic nitrogens is 4. The number of hydrogen-bond donors (Lipinski definition) is 1. The van der Waals surface area contributed by atoms with Gasteiger partial charge in [-0.2, -0.15) is 0 Å². The predicted molar refractivity (Wildman–Crippen MR) is 49.2 cm³/mol. The molecule has 0 saturated carbocycles. The number of rotatable bonds is 1. The third kappa shape index (κ3) is 1.94. The Bertz CT molecular complexity index is 422. The zero-order valence-electron chi connectivity index (χ0n) is 6.54. The summed E-state index contributed by atoms with van der Waals surface area (Å²) in [4.78, 5) is 13.4. The lowest BCUT2D eigenvalue weighted by Crippen LogP contribution is -2.06. The first-order chi connectivity index (χ1) is 5.86. The molecule has 0 radical (unpaired) electrons. The second-order valence-electron chi connectivity index (χ2n) is 2.26. The van der Waals surface area contributed by atoms with Crippen LogP contribution < -0.4 is 5.56 Å². The molecular formula is C7H7ClN4O. The van der Waals surface area contributed by atoms with E-state index in [0.29, 0.717) is 5.69 Å². The summed E-state index contributed by atoms with van der Waals surface area (Å²) in [7, 11) is 0. The molecule has 13 heavy (non-hydrogen) atoms. The highest BCUT2D eigenvalue weighted by Gasteiger charge is 1.95. The van der Waals surface area contributed by atoms with Crippen LogP contribution in [0.2, 0.25) is 0 Å². The molecule has 5 nitrogen and oxygen atoms in total. The van der Waals surface area contributed by atoms with Crippen molar-refractivity contribution in [2.75, 3.05) is 0 Å². The van der Waals surface area contributed by atoms with Crippen molar-refractivity contribution in [3.05, 3.63) is 41.1 Å². The van der Waals surface area contributed by atoms with E-state index in [2.05, 4.69) is 15.3 Å². The molecule has 2 heterocycles. The van der Waals surface area contributed by atoms with Gasteiger partial charge in [-0.05, 0) is 6.07 Å². The van der Waals surface area contributed by atoms with Gasteiger partial charge >= 0.3 is 0 Å². The molecule has 0 fully saturated rings. The molecule has 2 aromatic heterocycles. The second kappa shape index (κ2) is 3.86. The normalized spacial score (nSPS) is 9.23. The molecule has 68 valence electrons. The molecule has 0 aliphatic heterocycles. The van der Waals surface area contributed by atoms with E-state index in [1.165, 1.54) is 10.7 Å². The molecule has 0 spiro atoms. The fourth-order valence-electron chi connectivity index (χ4n) is 0.922. The Labute approximate surface area is 79.8 Å². The average molecular weight is 199 g/mol. The maximum Gasteiger partial charge on any atom is 0.250 e. The van der Waals surface area contributed by atoms with Gasteiger partial charge in [-0.1, -0.05) is 5.21 Å². The molecule has 0 atom stereocenters. The van der Waals surface area contributed by atoms with Crippen LogP contribution in [0, 0.1) is 0 Å². The lowest BCUT2D eigenvalue weighted by atomic mass is 10.4. The van der Waals surface area contributed by atoms with Crippen LogP contribution in [0.15, 0.2) is 35.5 Å². The van der Waals surface area contributed by atoms with Crippen LogP contribution in [0.4, 0.5) is 0 Å². The molecule has 6 heteroatoms.